The molecule has 4 nitrogen and oxygen atoms in total. The highest BCUT2D eigenvalue weighted by Crippen LogP contribution is 2.25. The van der Waals surface area contributed by atoms with Crippen molar-refractivity contribution in [1.82, 2.24) is 5.32 Å². The van der Waals surface area contributed by atoms with Gasteiger partial charge in [0.1, 0.15) is 17.3 Å². The van der Waals surface area contributed by atoms with Crippen LogP contribution in [0.1, 0.15) is 12.2 Å². The Bertz CT molecular complexity index is 595. The molecule has 2 rings (SSSR count). The summed E-state index contributed by atoms with van der Waals surface area (Å²) in [5.41, 5.74) is 0.424. The molecule has 1 aromatic heterocycles. The van der Waals surface area contributed by atoms with E-state index in [4.69, 9.17) is 9.15 Å². The van der Waals surface area contributed by atoms with Gasteiger partial charge < -0.3 is 14.5 Å². The first-order chi connectivity index (χ1) is 10.2. The average molecular weight is 291 g/mol. The summed E-state index contributed by atoms with van der Waals surface area (Å²) >= 11 is 0. The molecule has 1 aromatic carbocycles. The van der Waals surface area contributed by atoms with Crippen LogP contribution >= 0.6 is 0 Å². The van der Waals surface area contributed by atoms with Crippen LogP contribution < -0.4 is 5.32 Å². The fourth-order valence-corrected chi connectivity index (χ4v) is 1.94. The number of furan rings is 1. The topological polar surface area (TPSA) is 51.5 Å². The average Bonchev–Trinajstić information content (AvgIpc) is 2.94. The molecule has 0 saturated carbocycles. The molecule has 0 unspecified atom stereocenters. The fraction of sp³-hybridized carbons (Fsp3) is 0.312. The van der Waals surface area contributed by atoms with Gasteiger partial charge in [-0.3, -0.25) is 4.79 Å². The van der Waals surface area contributed by atoms with Gasteiger partial charge >= 0.3 is 0 Å². The lowest BCUT2D eigenvalue weighted by molar-refractivity contribution is -0.121. The standard InChI is InChI=1S/C16H18FNO3/c1-20-11-10-18-16(19)9-7-12-6-8-15(21-12)13-4-2-3-5-14(13)17/h2-6,8H,7,9-11H2,1H3,(H,18,19). The summed E-state index contributed by atoms with van der Waals surface area (Å²) in [5, 5.41) is 2.74. The van der Waals surface area contributed by atoms with Crippen molar-refractivity contribution in [2.45, 2.75) is 12.8 Å². The van der Waals surface area contributed by atoms with E-state index in [1.165, 1.54) is 6.07 Å². The highest BCUT2D eigenvalue weighted by molar-refractivity contribution is 5.76. The number of ether oxygens (including phenoxy) is 1. The molecule has 0 bridgehead atoms. The summed E-state index contributed by atoms with van der Waals surface area (Å²) in [4.78, 5) is 11.6. The lowest BCUT2D eigenvalue weighted by atomic mass is 10.1. The van der Waals surface area contributed by atoms with E-state index in [1.54, 1.807) is 37.4 Å². The van der Waals surface area contributed by atoms with Crippen LogP contribution in [0.5, 0.6) is 0 Å². The molecule has 0 aliphatic carbocycles. The second kappa shape index (κ2) is 7.59. The molecule has 0 aliphatic rings. The predicted octanol–water partition coefficient (Wildman–Crippen LogP) is 2.78. The lowest BCUT2D eigenvalue weighted by Crippen LogP contribution is -2.26. The van der Waals surface area contributed by atoms with Crippen LogP contribution in [-0.4, -0.2) is 26.2 Å². The highest BCUT2D eigenvalue weighted by atomic mass is 19.1. The second-order valence-corrected chi connectivity index (χ2v) is 4.59. The van der Waals surface area contributed by atoms with Crippen molar-refractivity contribution in [2.24, 2.45) is 0 Å². The molecule has 1 amide bonds. The quantitative estimate of drug-likeness (QED) is 0.798. The van der Waals surface area contributed by atoms with Gasteiger partial charge in [0.25, 0.3) is 0 Å². The third-order valence-electron chi connectivity index (χ3n) is 3.03. The molecule has 21 heavy (non-hydrogen) atoms. The van der Waals surface area contributed by atoms with Crippen LogP contribution in [-0.2, 0) is 16.0 Å². The van der Waals surface area contributed by atoms with E-state index in [2.05, 4.69) is 5.32 Å². The van der Waals surface area contributed by atoms with E-state index in [-0.39, 0.29) is 11.7 Å². The minimum atomic E-state index is -0.323. The normalized spacial score (nSPS) is 10.6. The van der Waals surface area contributed by atoms with Gasteiger partial charge in [-0.2, -0.15) is 0 Å². The number of carbonyl (C=O) groups excluding carboxylic acids is 1. The molecule has 1 N–H and O–H groups in total. The fourth-order valence-electron chi connectivity index (χ4n) is 1.94. The van der Waals surface area contributed by atoms with E-state index < -0.39 is 0 Å². The zero-order valence-electron chi connectivity index (χ0n) is 11.9. The highest BCUT2D eigenvalue weighted by Gasteiger charge is 2.10. The van der Waals surface area contributed by atoms with Gasteiger partial charge in [-0.05, 0) is 24.3 Å². The summed E-state index contributed by atoms with van der Waals surface area (Å²) in [5.74, 6) is 0.754. The van der Waals surface area contributed by atoms with Gasteiger partial charge in [-0.15, -0.1) is 0 Å². The minimum absolute atomic E-state index is 0.0594. The lowest BCUT2D eigenvalue weighted by Gasteiger charge is -2.03. The molecule has 0 spiro atoms. The zero-order valence-corrected chi connectivity index (χ0v) is 11.9. The summed E-state index contributed by atoms with van der Waals surface area (Å²) in [6, 6.07) is 9.92. The Morgan fingerprint density at radius 1 is 1.29 bits per heavy atom. The van der Waals surface area contributed by atoms with E-state index >= 15 is 0 Å². The van der Waals surface area contributed by atoms with E-state index in [9.17, 15) is 9.18 Å². The van der Waals surface area contributed by atoms with Crippen LogP contribution in [0.2, 0.25) is 0 Å². The van der Waals surface area contributed by atoms with Crippen LogP contribution in [0.25, 0.3) is 11.3 Å². The third kappa shape index (κ3) is 4.43. The third-order valence-corrected chi connectivity index (χ3v) is 3.03. The second-order valence-electron chi connectivity index (χ2n) is 4.59. The molecule has 1 heterocycles. The SMILES string of the molecule is COCCNC(=O)CCc1ccc(-c2ccccc2F)o1. The van der Waals surface area contributed by atoms with Crippen molar-refractivity contribution >= 4 is 5.91 Å². The number of methoxy groups -OCH3 is 1. The van der Waals surface area contributed by atoms with Crippen LogP contribution in [0.3, 0.4) is 0 Å². The molecule has 112 valence electrons. The van der Waals surface area contributed by atoms with Gasteiger partial charge in [-0.25, -0.2) is 4.39 Å². The zero-order chi connectivity index (χ0) is 15.1. The Balaban J connectivity index is 1.89. The first-order valence-corrected chi connectivity index (χ1v) is 6.80. The number of benzene rings is 1. The Labute approximate surface area is 122 Å². The summed E-state index contributed by atoms with van der Waals surface area (Å²) in [7, 11) is 1.58. The molecule has 0 radical (unpaired) electrons. The van der Waals surface area contributed by atoms with E-state index in [0.717, 1.165) is 0 Å². The molecular weight excluding hydrogens is 273 g/mol. The summed E-state index contributed by atoms with van der Waals surface area (Å²) < 4.78 is 24.1. The smallest absolute Gasteiger partial charge is 0.220 e. The van der Waals surface area contributed by atoms with E-state index in [0.29, 0.717) is 43.1 Å². The van der Waals surface area contributed by atoms with Gasteiger partial charge in [0.15, 0.2) is 0 Å². The summed E-state index contributed by atoms with van der Waals surface area (Å²) in [6.45, 7) is 0.984. The Hall–Kier alpha value is -2.14. The Kier molecular flexibility index (Phi) is 5.51. The number of aryl methyl sites for hydroxylation is 1. The van der Waals surface area contributed by atoms with Gasteiger partial charge in [0, 0.05) is 26.5 Å². The van der Waals surface area contributed by atoms with Crippen molar-refractivity contribution in [2.75, 3.05) is 20.3 Å². The monoisotopic (exact) mass is 291 g/mol. The first-order valence-electron chi connectivity index (χ1n) is 6.80. The van der Waals surface area contributed by atoms with Gasteiger partial charge in [-0.1, -0.05) is 12.1 Å². The van der Waals surface area contributed by atoms with Crippen LogP contribution in [0.15, 0.2) is 40.8 Å². The Morgan fingerprint density at radius 3 is 2.86 bits per heavy atom. The molecule has 5 heteroatoms. The summed E-state index contributed by atoms with van der Waals surface area (Å²) in [6.07, 6.45) is 0.807. The molecule has 0 atom stereocenters. The van der Waals surface area contributed by atoms with Gasteiger partial charge in [0.2, 0.25) is 5.91 Å². The predicted molar refractivity (Wildman–Crippen MR) is 77.3 cm³/mol. The number of halogens is 1. The maximum Gasteiger partial charge on any atom is 0.220 e. The van der Waals surface area contributed by atoms with Crippen LogP contribution in [0, 0.1) is 5.82 Å². The number of hydrogen-bond donors (Lipinski definition) is 1. The number of carbonyl (C=O) groups is 1. The first kappa shape index (κ1) is 15.3. The maximum absolute atomic E-state index is 13.6. The molecule has 2 aromatic rings. The molecule has 0 fully saturated rings. The number of rotatable bonds is 7. The number of amides is 1. The van der Waals surface area contributed by atoms with E-state index in [1.807, 2.05) is 0 Å². The molecular formula is C16H18FNO3. The van der Waals surface area contributed by atoms with Crippen molar-refractivity contribution in [3.05, 3.63) is 48.0 Å². The van der Waals surface area contributed by atoms with Crippen molar-refractivity contribution in [1.29, 1.82) is 0 Å². The van der Waals surface area contributed by atoms with Crippen molar-refractivity contribution in [3.63, 3.8) is 0 Å². The van der Waals surface area contributed by atoms with Crippen molar-refractivity contribution in [3.8, 4) is 11.3 Å². The molecule has 0 aliphatic heterocycles. The van der Waals surface area contributed by atoms with Crippen molar-refractivity contribution < 1.29 is 18.3 Å². The number of nitrogens with one attached hydrogen (secondary N) is 1. The maximum atomic E-state index is 13.6. The number of hydrogen-bond acceptors (Lipinski definition) is 3. The largest absolute Gasteiger partial charge is 0.461 e. The van der Waals surface area contributed by atoms with Crippen LogP contribution in [0.4, 0.5) is 4.39 Å². The molecule has 0 saturated heterocycles. The van der Waals surface area contributed by atoms with Gasteiger partial charge in [0.05, 0.1) is 12.2 Å². The minimum Gasteiger partial charge on any atom is -0.461 e. The Morgan fingerprint density at radius 2 is 2.10 bits per heavy atom.